The summed E-state index contributed by atoms with van der Waals surface area (Å²) in [5.41, 5.74) is 2.48. The van der Waals surface area contributed by atoms with E-state index in [0.717, 1.165) is 16.8 Å². The Balaban J connectivity index is 2.11. The highest BCUT2D eigenvalue weighted by Gasteiger charge is 2.03. The Morgan fingerprint density at radius 1 is 1.11 bits per heavy atom. The highest BCUT2D eigenvalue weighted by atomic mass is 79.9. The van der Waals surface area contributed by atoms with Gasteiger partial charge in [0, 0.05) is 12.2 Å². The van der Waals surface area contributed by atoms with Crippen LogP contribution >= 0.6 is 15.9 Å². The molecule has 0 fully saturated rings. The van der Waals surface area contributed by atoms with Gasteiger partial charge in [-0.25, -0.2) is 8.78 Å². The summed E-state index contributed by atoms with van der Waals surface area (Å²) in [6, 6.07) is 9.48. The van der Waals surface area contributed by atoms with Gasteiger partial charge in [-0.05, 0) is 58.2 Å². The normalized spacial score (nSPS) is 10.4. The molecular formula is C14H12BrF2N. The number of halogens is 3. The Hall–Kier alpha value is -1.42. The lowest BCUT2D eigenvalue weighted by atomic mass is 10.1. The van der Waals surface area contributed by atoms with Crippen LogP contribution in [0.5, 0.6) is 0 Å². The lowest BCUT2D eigenvalue weighted by Gasteiger charge is -2.10. The quantitative estimate of drug-likeness (QED) is 0.870. The minimum atomic E-state index is -0.301. The molecule has 0 unspecified atom stereocenters. The lowest BCUT2D eigenvalue weighted by molar-refractivity contribution is 0.619. The minimum Gasteiger partial charge on any atom is -0.381 e. The number of hydrogen-bond acceptors (Lipinski definition) is 1. The van der Waals surface area contributed by atoms with Crippen LogP contribution in [0.4, 0.5) is 14.5 Å². The summed E-state index contributed by atoms with van der Waals surface area (Å²) in [5.74, 6) is -0.588. The first-order chi connectivity index (χ1) is 8.56. The first-order valence-corrected chi connectivity index (χ1v) is 6.29. The highest BCUT2D eigenvalue weighted by molar-refractivity contribution is 9.10. The molecule has 0 aliphatic rings. The molecule has 0 radical (unpaired) electrons. The highest BCUT2D eigenvalue weighted by Crippen LogP contribution is 2.19. The molecule has 0 bridgehead atoms. The van der Waals surface area contributed by atoms with E-state index >= 15 is 0 Å². The summed E-state index contributed by atoms with van der Waals surface area (Å²) in [5, 5.41) is 3.09. The molecule has 0 aliphatic heterocycles. The molecule has 2 aromatic rings. The Morgan fingerprint density at radius 2 is 1.89 bits per heavy atom. The first kappa shape index (κ1) is 13.0. The third-order valence-corrected chi connectivity index (χ3v) is 3.31. The maximum absolute atomic E-state index is 13.3. The summed E-state index contributed by atoms with van der Waals surface area (Å²) in [6.45, 7) is 2.35. The molecule has 4 heteroatoms. The molecule has 1 nitrogen and oxygen atoms in total. The van der Waals surface area contributed by atoms with Gasteiger partial charge in [0.1, 0.15) is 11.6 Å². The Bertz CT molecular complexity index is 570. The van der Waals surface area contributed by atoms with Crippen molar-refractivity contribution in [1.82, 2.24) is 0 Å². The van der Waals surface area contributed by atoms with Crippen LogP contribution < -0.4 is 5.32 Å². The zero-order valence-electron chi connectivity index (χ0n) is 9.81. The molecule has 0 saturated heterocycles. The van der Waals surface area contributed by atoms with Crippen LogP contribution in [-0.2, 0) is 6.54 Å². The molecule has 0 aliphatic carbocycles. The molecule has 2 rings (SSSR count). The van der Waals surface area contributed by atoms with Crippen molar-refractivity contribution in [3.63, 3.8) is 0 Å². The van der Waals surface area contributed by atoms with Crippen LogP contribution in [0, 0.1) is 18.6 Å². The fourth-order valence-corrected chi connectivity index (χ4v) is 1.88. The van der Waals surface area contributed by atoms with E-state index in [0.29, 0.717) is 11.0 Å². The molecule has 1 N–H and O–H groups in total. The molecule has 0 spiro atoms. The molecular weight excluding hydrogens is 300 g/mol. The molecule has 0 aromatic heterocycles. The van der Waals surface area contributed by atoms with E-state index in [-0.39, 0.29) is 11.6 Å². The topological polar surface area (TPSA) is 12.0 Å². The van der Waals surface area contributed by atoms with Crippen molar-refractivity contribution in [1.29, 1.82) is 0 Å². The van der Waals surface area contributed by atoms with Crippen LogP contribution in [0.3, 0.4) is 0 Å². The van der Waals surface area contributed by atoms with Crippen LogP contribution in [-0.4, -0.2) is 0 Å². The average molecular weight is 312 g/mol. The van der Waals surface area contributed by atoms with Crippen molar-refractivity contribution < 1.29 is 8.78 Å². The predicted molar refractivity (Wildman–Crippen MR) is 72.6 cm³/mol. The van der Waals surface area contributed by atoms with Gasteiger partial charge in [-0.15, -0.1) is 0 Å². The predicted octanol–water partition coefficient (Wildman–Crippen LogP) is 4.65. The smallest absolute Gasteiger partial charge is 0.137 e. The summed E-state index contributed by atoms with van der Waals surface area (Å²) in [7, 11) is 0. The van der Waals surface area contributed by atoms with Crippen molar-refractivity contribution in [2.45, 2.75) is 13.5 Å². The number of benzene rings is 2. The molecule has 94 valence electrons. The van der Waals surface area contributed by atoms with E-state index in [9.17, 15) is 8.78 Å². The van der Waals surface area contributed by atoms with Gasteiger partial charge in [0.05, 0.1) is 4.47 Å². The van der Waals surface area contributed by atoms with Gasteiger partial charge in [0.15, 0.2) is 0 Å². The fraction of sp³-hybridized carbons (Fsp3) is 0.143. The third-order valence-electron chi connectivity index (χ3n) is 2.67. The SMILES string of the molecule is Cc1ccc(F)cc1NCc1ccc(Br)c(F)c1. The van der Waals surface area contributed by atoms with Gasteiger partial charge in [-0.1, -0.05) is 12.1 Å². The largest absolute Gasteiger partial charge is 0.381 e. The summed E-state index contributed by atoms with van der Waals surface area (Å²) >= 11 is 3.10. The van der Waals surface area contributed by atoms with Crippen molar-refractivity contribution in [3.8, 4) is 0 Å². The maximum Gasteiger partial charge on any atom is 0.137 e. The van der Waals surface area contributed by atoms with Gasteiger partial charge in [-0.2, -0.15) is 0 Å². The Labute approximate surface area is 113 Å². The van der Waals surface area contributed by atoms with Crippen LogP contribution in [0.25, 0.3) is 0 Å². The first-order valence-electron chi connectivity index (χ1n) is 5.50. The second kappa shape index (κ2) is 5.48. The monoisotopic (exact) mass is 311 g/mol. The number of anilines is 1. The fourth-order valence-electron chi connectivity index (χ4n) is 1.63. The standard InChI is InChI=1S/C14H12BrF2N/c1-9-2-4-11(16)7-14(9)18-8-10-3-5-12(15)13(17)6-10/h2-7,18H,8H2,1H3. The van der Waals surface area contributed by atoms with E-state index in [1.807, 2.05) is 13.0 Å². The van der Waals surface area contributed by atoms with Crippen LogP contribution in [0.15, 0.2) is 40.9 Å². The second-order valence-electron chi connectivity index (χ2n) is 4.06. The number of nitrogens with one attached hydrogen (secondary N) is 1. The van der Waals surface area contributed by atoms with Crippen molar-refractivity contribution in [2.75, 3.05) is 5.32 Å². The van der Waals surface area contributed by atoms with Gasteiger partial charge >= 0.3 is 0 Å². The number of hydrogen-bond donors (Lipinski definition) is 1. The molecule has 0 atom stereocenters. The molecule has 18 heavy (non-hydrogen) atoms. The van der Waals surface area contributed by atoms with Gasteiger partial charge < -0.3 is 5.32 Å². The average Bonchev–Trinajstić information content (AvgIpc) is 2.34. The molecule has 0 saturated carbocycles. The van der Waals surface area contributed by atoms with Crippen LogP contribution in [0.2, 0.25) is 0 Å². The summed E-state index contributed by atoms with van der Waals surface area (Å²) < 4.78 is 26.8. The van der Waals surface area contributed by atoms with E-state index < -0.39 is 0 Å². The third kappa shape index (κ3) is 3.07. The lowest BCUT2D eigenvalue weighted by Crippen LogP contribution is -2.02. The van der Waals surface area contributed by atoms with E-state index in [1.165, 1.54) is 18.2 Å². The minimum absolute atomic E-state index is 0.287. The summed E-state index contributed by atoms with van der Waals surface area (Å²) in [4.78, 5) is 0. The van der Waals surface area contributed by atoms with E-state index in [1.54, 1.807) is 12.1 Å². The zero-order valence-corrected chi connectivity index (χ0v) is 11.4. The maximum atomic E-state index is 13.3. The van der Waals surface area contributed by atoms with Crippen molar-refractivity contribution in [3.05, 3.63) is 63.6 Å². The van der Waals surface area contributed by atoms with Gasteiger partial charge in [0.25, 0.3) is 0 Å². The number of aryl methyl sites for hydroxylation is 1. The second-order valence-corrected chi connectivity index (χ2v) is 4.92. The van der Waals surface area contributed by atoms with Gasteiger partial charge in [0.2, 0.25) is 0 Å². The Morgan fingerprint density at radius 3 is 2.61 bits per heavy atom. The number of rotatable bonds is 3. The molecule has 0 heterocycles. The van der Waals surface area contributed by atoms with E-state index in [4.69, 9.17) is 0 Å². The van der Waals surface area contributed by atoms with Crippen molar-refractivity contribution in [2.24, 2.45) is 0 Å². The van der Waals surface area contributed by atoms with Crippen LogP contribution in [0.1, 0.15) is 11.1 Å². The van der Waals surface area contributed by atoms with Gasteiger partial charge in [-0.3, -0.25) is 0 Å². The Kier molecular flexibility index (Phi) is 3.97. The molecule has 0 amide bonds. The van der Waals surface area contributed by atoms with E-state index in [2.05, 4.69) is 21.2 Å². The zero-order chi connectivity index (χ0) is 13.1. The van der Waals surface area contributed by atoms with Crippen molar-refractivity contribution >= 4 is 21.6 Å². The summed E-state index contributed by atoms with van der Waals surface area (Å²) in [6.07, 6.45) is 0. The molecule has 2 aromatic carbocycles.